The zero-order chi connectivity index (χ0) is 11.4. The molecule has 84 valence electrons. The Bertz CT molecular complexity index is 318. The molecule has 2 N–H and O–H groups in total. The van der Waals surface area contributed by atoms with E-state index in [0.29, 0.717) is 5.92 Å². The SMILES string of the molecule is Cc1ccc(C(C)CCN)c(N(C)C)c1. The molecule has 1 aromatic rings. The van der Waals surface area contributed by atoms with Crippen LogP contribution in [0.3, 0.4) is 0 Å². The molecule has 0 amide bonds. The number of rotatable bonds is 4. The molecule has 2 heteroatoms. The van der Waals surface area contributed by atoms with E-state index in [4.69, 9.17) is 5.73 Å². The van der Waals surface area contributed by atoms with Gasteiger partial charge in [0.05, 0.1) is 0 Å². The fraction of sp³-hybridized carbons (Fsp3) is 0.538. The third-order valence-electron chi connectivity index (χ3n) is 2.80. The van der Waals surface area contributed by atoms with Crippen LogP contribution in [0.5, 0.6) is 0 Å². The van der Waals surface area contributed by atoms with Gasteiger partial charge in [0.2, 0.25) is 0 Å². The molecule has 0 fully saturated rings. The molecular formula is C13H22N2. The number of hydrogen-bond donors (Lipinski definition) is 1. The van der Waals surface area contributed by atoms with Crippen LogP contribution in [0.4, 0.5) is 5.69 Å². The molecule has 1 aromatic carbocycles. The van der Waals surface area contributed by atoms with Crippen molar-refractivity contribution in [1.29, 1.82) is 0 Å². The first-order valence-electron chi connectivity index (χ1n) is 5.54. The van der Waals surface area contributed by atoms with Crippen molar-refractivity contribution in [2.24, 2.45) is 5.73 Å². The fourth-order valence-electron chi connectivity index (χ4n) is 1.86. The van der Waals surface area contributed by atoms with Gasteiger partial charge in [0, 0.05) is 19.8 Å². The normalized spacial score (nSPS) is 12.6. The molecule has 0 saturated heterocycles. The maximum Gasteiger partial charge on any atom is 0.0398 e. The number of nitrogens with zero attached hydrogens (tertiary/aromatic N) is 1. The van der Waals surface area contributed by atoms with Crippen LogP contribution in [0.1, 0.15) is 30.4 Å². The Morgan fingerprint density at radius 1 is 1.33 bits per heavy atom. The molecular weight excluding hydrogens is 184 g/mol. The lowest BCUT2D eigenvalue weighted by Crippen LogP contribution is -2.14. The van der Waals surface area contributed by atoms with Gasteiger partial charge >= 0.3 is 0 Å². The summed E-state index contributed by atoms with van der Waals surface area (Å²) in [5.41, 5.74) is 9.63. The zero-order valence-corrected chi connectivity index (χ0v) is 10.2. The second-order valence-electron chi connectivity index (χ2n) is 4.44. The highest BCUT2D eigenvalue weighted by Crippen LogP contribution is 2.29. The molecule has 0 heterocycles. The van der Waals surface area contributed by atoms with Crippen LogP contribution in [0.15, 0.2) is 18.2 Å². The first-order valence-corrected chi connectivity index (χ1v) is 5.54. The lowest BCUT2D eigenvalue weighted by Gasteiger charge is -2.22. The van der Waals surface area contributed by atoms with Gasteiger partial charge in [-0.15, -0.1) is 0 Å². The molecule has 0 aliphatic carbocycles. The highest BCUT2D eigenvalue weighted by molar-refractivity contribution is 5.55. The standard InChI is InChI=1S/C13H22N2/c1-10-5-6-12(11(2)7-8-14)13(9-10)15(3)4/h5-6,9,11H,7-8,14H2,1-4H3. The average Bonchev–Trinajstić information content (AvgIpc) is 2.17. The Kier molecular flexibility index (Phi) is 4.15. The van der Waals surface area contributed by atoms with E-state index in [-0.39, 0.29) is 0 Å². The lowest BCUT2D eigenvalue weighted by atomic mass is 9.94. The average molecular weight is 206 g/mol. The van der Waals surface area contributed by atoms with Gasteiger partial charge in [0.15, 0.2) is 0 Å². The topological polar surface area (TPSA) is 29.3 Å². The second-order valence-corrected chi connectivity index (χ2v) is 4.44. The van der Waals surface area contributed by atoms with Crippen LogP contribution in [0, 0.1) is 6.92 Å². The molecule has 0 radical (unpaired) electrons. The molecule has 1 rings (SSSR count). The summed E-state index contributed by atoms with van der Waals surface area (Å²) in [6.07, 6.45) is 1.05. The minimum atomic E-state index is 0.535. The van der Waals surface area contributed by atoms with Crippen molar-refractivity contribution in [3.05, 3.63) is 29.3 Å². The van der Waals surface area contributed by atoms with Crippen LogP contribution in [0.25, 0.3) is 0 Å². The third kappa shape index (κ3) is 2.96. The monoisotopic (exact) mass is 206 g/mol. The molecule has 0 bridgehead atoms. The van der Waals surface area contributed by atoms with Gasteiger partial charge in [-0.25, -0.2) is 0 Å². The van der Waals surface area contributed by atoms with Gasteiger partial charge in [-0.2, -0.15) is 0 Å². The van der Waals surface area contributed by atoms with Gasteiger partial charge in [0.25, 0.3) is 0 Å². The van der Waals surface area contributed by atoms with Crippen molar-refractivity contribution in [1.82, 2.24) is 0 Å². The lowest BCUT2D eigenvalue weighted by molar-refractivity contribution is 0.689. The third-order valence-corrected chi connectivity index (χ3v) is 2.80. The summed E-state index contributed by atoms with van der Waals surface area (Å²) in [7, 11) is 4.18. The van der Waals surface area contributed by atoms with Crippen LogP contribution in [-0.4, -0.2) is 20.6 Å². The Balaban J connectivity index is 3.05. The minimum absolute atomic E-state index is 0.535. The van der Waals surface area contributed by atoms with Gasteiger partial charge in [-0.1, -0.05) is 19.1 Å². The molecule has 1 unspecified atom stereocenters. The van der Waals surface area contributed by atoms with Crippen LogP contribution < -0.4 is 10.6 Å². The Morgan fingerprint density at radius 3 is 2.53 bits per heavy atom. The van der Waals surface area contributed by atoms with E-state index in [1.165, 1.54) is 16.8 Å². The summed E-state index contributed by atoms with van der Waals surface area (Å²) in [6.45, 7) is 5.12. The molecule has 0 saturated carbocycles. The van der Waals surface area contributed by atoms with E-state index in [9.17, 15) is 0 Å². The minimum Gasteiger partial charge on any atom is -0.377 e. The Morgan fingerprint density at radius 2 is 2.00 bits per heavy atom. The van der Waals surface area contributed by atoms with E-state index in [2.05, 4.69) is 51.0 Å². The summed E-state index contributed by atoms with van der Waals surface area (Å²) < 4.78 is 0. The number of anilines is 1. The van der Waals surface area contributed by atoms with Gasteiger partial charge in [-0.3, -0.25) is 0 Å². The number of aryl methyl sites for hydroxylation is 1. The quantitative estimate of drug-likeness (QED) is 0.820. The van der Waals surface area contributed by atoms with Crippen molar-refractivity contribution in [2.45, 2.75) is 26.2 Å². The zero-order valence-electron chi connectivity index (χ0n) is 10.2. The van der Waals surface area contributed by atoms with Gasteiger partial charge in [-0.05, 0) is 43.0 Å². The highest BCUT2D eigenvalue weighted by Gasteiger charge is 2.11. The highest BCUT2D eigenvalue weighted by atomic mass is 15.1. The Labute approximate surface area is 93.1 Å². The van der Waals surface area contributed by atoms with Crippen LogP contribution in [-0.2, 0) is 0 Å². The predicted octanol–water partition coefficient (Wildman–Crippen LogP) is 2.51. The fourth-order valence-corrected chi connectivity index (χ4v) is 1.86. The molecule has 15 heavy (non-hydrogen) atoms. The number of hydrogen-bond acceptors (Lipinski definition) is 2. The summed E-state index contributed by atoms with van der Waals surface area (Å²) in [5, 5.41) is 0. The maximum atomic E-state index is 5.61. The largest absolute Gasteiger partial charge is 0.377 e. The van der Waals surface area contributed by atoms with E-state index >= 15 is 0 Å². The Hall–Kier alpha value is -1.02. The molecule has 1 atom stereocenters. The maximum absolute atomic E-state index is 5.61. The van der Waals surface area contributed by atoms with Crippen molar-refractivity contribution in [2.75, 3.05) is 25.5 Å². The summed E-state index contributed by atoms with van der Waals surface area (Å²) >= 11 is 0. The smallest absolute Gasteiger partial charge is 0.0398 e. The molecule has 0 aliphatic heterocycles. The molecule has 0 aromatic heterocycles. The van der Waals surface area contributed by atoms with Crippen molar-refractivity contribution in [3.8, 4) is 0 Å². The van der Waals surface area contributed by atoms with E-state index in [1.54, 1.807) is 0 Å². The second kappa shape index (κ2) is 5.17. The first kappa shape index (κ1) is 12.1. The molecule has 2 nitrogen and oxygen atoms in total. The first-order chi connectivity index (χ1) is 7.06. The van der Waals surface area contributed by atoms with Crippen molar-refractivity contribution >= 4 is 5.69 Å². The number of nitrogens with two attached hydrogens (primary N) is 1. The van der Waals surface area contributed by atoms with Gasteiger partial charge < -0.3 is 10.6 Å². The molecule has 0 aliphatic rings. The van der Waals surface area contributed by atoms with Crippen LogP contribution in [0.2, 0.25) is 0 Å². The van der Waals surface area contributed by atoms with E-state index < -0.39 is 0 Å². The molecule has 0 spiro atoms. The van der Waals surface area contributed by atoms with E-state index in [0.717, 1.165) is 13.0 Å². The van der Waals surface area contributed by atoms with Crippen LogP contribution >= 0.6 is 0 Å². The summed E-state index contributed by atoms with van der Waals surface area (Å²) in [4.78, 5) is 2.18. The van der Waals surface area contributed by atoms with Gasteiger partial charge in [0.1, 0.15) is 0 Å². The van der Waals surface area contributed by atoms with Crippen molar-refractivity contribution < 1.29 is 0 Å². The van der Waals surface area contributed by atoms with E-state index in [1.807, 2.05) is 0 Å². The predicted molar refractivity (Wildman–Crippen MR) is 67.6 cm³/mol. The number of benzene rings is 1. The van der Waals surface area contributed by atoms with Crippen molar-refractivity contribution in [3.63, 3.8) is 0 Å². The summed E-state index contributed by atoms with van der Waals surface area (Å²) in [6, 6.07) is 6.64. The summed E-state index contributed by atoms with van der Waals surface area (Å²) in [5.74, 6) is 0.535.